The monoisotopic (exact) mass is 171 g/mol. The Labute approximate surface area is 65.6 Å². The number of halogens is 3. The molecule has 0 unspecified atom stereocenters. The zero-order valence-corrected chi connectivity index (χ0v) is 6.68. The van der Waals surface area contributed by atoms with Crippen LogP contribution in [0.1, 0.15) is 19.8 Å². The Hall–Kier alpha value is 0.110. The molecule has 1 aliphatic rings. The van der Waals surface area contributed by atoms with E-state index in [2.05, 4.69) is 5.32 Å². The van der Waals surface area contributed by atoms with Crippen molar-refractivity contribution in [3.05, 3.63) is 0 Å². The van der Waals surface area contributed by atoms with Crippen molar-refractivity contribution in [2.24, 2.45) is 0 Å². The van der Waals surface area contributed by atoms with Gasteiger partial charge in [-0.05, 0) is 19.9 Å². The predicted octanol–water partition coefficient (Wildman–Crippen LogP) is 1.82. The molecule has 1 heterocycles. The molecule has 4 heteroatoms. The molecule has 1 atom stereocenters. The molecule has 1 nitrogen and oxygen atoms in total. The van der Waals surface area contributed by atoms with Crippen molar-refractivity contribution in [1.29, 1.82) is 0 Å². The summed E-state index contributed by atoms with van der Waals surface area (Å²) in [6.07, 6.45) is 0.637. The van der Waals surface area contributed by atoms with Crippen LogP contribution in [0.4, 0.5) is 8.78 Å². The molecule has 62 valence electrons. The van der Waals surface area contributed by atoms with Gasteiger partial charge in [0.25, 0.3) is 5.92 Å². The fraction of sp³-hybridized carbons (Fsp3) is 1.00. The van der Waals surface area contributed by atoms with Gasteiger partial charge in [-0.1, -0.05) is 0 Å². The molecule has 1 saturated heterocycles. The smallest absolute Gasteiger partial charge is 0.262 e. The second-order valence-corrected chi connectivity index (χ2v) is 2.54. The van der Waals surface area contributed by atoms with Gasteiger partial charge in [0.2, 0.25) is 0 Å². The van der Waals surface area contributed by atoms with Crippen LogP contribution in [0.5, 0.6) is 0 Å². The maximum Gasteiger partial charge on any atom is 0.262 e. The van der Waals surface area contributed by atoms with Crippen molar-refractivity contribution in [2.75, 3.05) is 6.54 Å². The van der Waals surface area contributed by atoms with Crippen molar-refractivity contribution in [3.63, 3.8) is 0 Å². The lowest BCUT2D eigenvalue weighted by Gasteiger charge is -2.29. The lowest BCUT2D eigenvalue weighted by atomic mass is 10.0. The van der Waals surface area contributed by atoms with Gasteiger partial charge in [-0.15, -0.1) is 12.4 Å². The van der Waals surface area contributed by atoms with E-state index in [1.807, 2.05) is 0 Å². The number of hydrogen-bond donors (Lipinski definition) is 1. The Balaban J connectivity index is 0.000000810. The quantitative estimate of drug-likeness (QED) is 0.586. The van der Waals surface area contributed by atoms with Gasteiger partial charge in [0.15, 0.2) is 0 Å². The SMILES string of the molecule is C[C@H]1NCCCC1(F)F.Cl. The molecular weight excluding hydrogens is 160 g/mol. The summed E-state index contributed by atoms with van der Waals surface area (Å²) in [5.74, 6) is -2.47. The normalized spacial score (nSPS) is 30.9. The van der Waals surface area contributed by atoms with Gasteiger partial charge in [0, 0.05) is 6.42 Å². The Morgan fingerprint density at radius 3 is 2.40 bits per heavy atom. The molecule has 1 fully saturated rings. The zero-order valence-electron chi connectivity index (χ0n) is 5.86. The number of hydrogen-bond acceptors (Lipinski definition) is 1. The first-order valence-corrected chi connectivity index (χ1v) is 3.24. The molecule has 0 spiro atoms. The molecule has 1 rings (SSSR count). The van der Waals surface area contributed by atoms with Crippen molar-refractivity contribution in [3.8, 4) is 0 Å². The molecule has 0 aromatic heterocycles. The minimum absolute atomic E-state index is 0. The summed E-state index contributed by atoms with van der Waals surface area (Å²) >= 11 is 0. The maximum atomic E-state index is 12.5. The fourth-order valence-electron chi connectivity index (χ4n) is 1.01. The van der Waals surface area contributed by atoms with Gasteiger partial charge in [0.05, 0.1) is 6.04 Å². The largest absolute Gasteiger partial charge is 0.309 e. The van der Waals surface area contributed by atoms with Gasteiger partial charge >= 0.3 is 0 Å². The van der Waals surface area contributed by atoms with E-state index in [4.69, 9.17) is 0 Å². The average Bonchev–Trinajstić information content (AvgIpc) is 1.77. The molecular formula is C6H12ClF2N. The van der Waals surface area contributed by atoms with Crippen LogP contribution in [0.25, 0.3) is 0 Å². The Morgan fingerprint density at radius 2 is 2.10 bits per heavy atom. The van der Waals surface area contributed by atoms with E-state index in [1.54, 1.807) is 0 Å². The van der Waals surface area contributed by atoms with E-state index in [0.29, 0.717) is 6.42 Å². The average molecular weight is 172 g/mol. The molecule has 0 saturated carbocycles. The summed E-state index contributed by atoms with van der Waals surface area (Å²) in [6, 6.07) is -0.633. The number of rotatable bonds is 0. The third-order valence-electron chi connectivity index (χ3n) is 1.77. The minimum Gasteiger partial charge on any atom is -0.309 e. The molecule has 0 amide bonds. The van der Waals surface area contributed by atoms with Gasteiger partial charge in [-0.25, -0.2) is 8.78 Å². The number of nitrogens with one attached hydrogen (secondary N) is 1. The maximum absolute atomic E-state index is 12.5. The predicted molar refractivity (Wildman–Crippen MR) is 38.9 cm³/mol. The highest BCUT2D eigenvalue weighted by Crippen LogP contribution is 2.26. The lowest BCUT2D eigenvalue weighted by molar-refractivity contribution is -0.0545. The summed E-state index contributed by atoms with van der Waals surface area (Å²) < 4.78 is 25.1. The van der Waals surface area contributed by atoms with Crippen molar-refractivity contribution < 1.29 is 8.78 Å². The fourth-order valence-corrected chi connectivity index (χ4v) is 1.01. The van der Waals surface area contributed by atoms with Crippen LogP contribution >= 0.6 is 12.4 Å². The van der Waals surface area contributed by atoms with Crippen LogP contribution in [0.3, 0.4) is 0 Å². The summed E-state index contributed by atoms with van der Waals surface area (Å²) in [6.45, 7) is 2.26. The van der Waals surface area contributed by atoms with Crippen molar-refractivity contribution in [1.82, 2.24) is 5.32 Å². The van der Waals surface area contributed by atoms with Crippen LogP contribution < -0.4 is 5.32 Å². The second kappa shape index (κ2) is 3.49. The Bertz CT molecular complexity index is 108. The number of alkyl halides is 2. The standard InChI is InChI=1S/C6H11F2N.ClH/c1-5-6(7,8)3-2-4-9-5;/h5,9H,2-4H2,1H3;1H/t5-;/m1./s1. The minimum atomic E-state index is -2.47. The van der Waals surface area contributed by atoms with Gasteiger partial charge in [-0.3, -0.25) is 0 Å². The summed E-state index contributed by atoms with van der Waals surface area (Å²) in [5.41, 5.74) is 0. The molecule has 1 N–H and O–H groups in total. The zero-order chi connectivity index (χ0) is 6.91. The molecule has 0 aromatic carbocycles. The van der Waals surface area contributed by atoms with Crippen LogP contribution in [-0.4, -0.2) is 18.5 Å². The van der Waals surface area contributed by atoms with E-state index in [1.165, 1.54) is 6.92 Å². The first-order chi connectivity index (χ1) is 4.13. The summed E-state index contributed by atoms with van der Waals surface area (Å²) in [4.78, 5) is 0. The first-order valence-electron chi connectivity index (χ1n) is 3.24. The van der Waals surface area contributed by atoms with Crippen molar-refractivity contribution >= 4 is 12.4 Å². The molecule has 0 radical (unpaired) electrons. The van der Waals surface area contributed by atoms with E-state index >= 15 is 0 Å². The van der Waals surface area contributed by atoms with Crippen LogP contribution in [0, 0.1) is 0 Å². The van der Waals surface area contributed by atoms with E-state index < -0.39 is 12.0 Å². The molecule has 0 aromatic rings. The van der Waals surface area contributed by atoms with Gasteiger partial charge in [-0.2, -0.15) is 0 Å². The third-order valence-corrected chi connectivity index (χ3v) is 1.77. The highest BCUT2D eigenvalue weighted by Gasteiger charge is 2.37. The first kappa shape index (κ1) is 10.1. The van der Waals surface area contributed by atoms with E-state index in [-0.39, 0.29) is 18.8 Å². The Kier molecular flexibility index (Phi) is 3.52. The molecule has 0 bridgehead atoms. The van der Waals surface area contributed by atoms with Crippen LogP contribution in [0.2, 0.25) is 0 Å². The van der Waals surface area contributed by atoms with Crippen molar-refractivity contribution in [2.45, 2.75) is 31.7 Å². The van der Waals surface area contributed by atoms with Gasteiger partial charge in [0.1, 0.15) is 0 Å². The lowest BCUT2D eigenvalue weighted by Crippen LogP contribution is -2.47. The number of piperidine rings is 1. The topological polar surface area (TPSA) is 12.0 Å². The van der Waals surface area contributed by atoms with E-state index in [9.17, 15) is 8.78 Å². The van der Waals surface area contributed by atoms with E-state index in [0.717, 1.165) is 6.54 Å². The highest BCUT2D eigenvalue weighted by molar-refractivity contribution is 5.85. The van der Waals surface area contributed by atoms with Gasteiger partial charge < -0.3 is 5.32 Å². The third kappa shape index (κ3) is 2.06. The highest BCUT2D eigenvalue weighted by atomic mass is 35.5. The summed E-state index contributed by atoms with van der Waals surface area (Å²) in [5, 5.41) is 2.72. The second-order valence-electron chi connectivity index (χ2n) is 2.54. The summed E-state index contributed by atoms with van der Waals surface area (Å²) in [7, 11) is 0. The molecule has 1 aliphatic heterocycles. The Morgan fingerprint density at radius 1 is 1.50 bits per heavy atom. The van der Waals surface area contributed by atoms with Crippen LogP contribution in [0.15, 0.2) is 0 Å². The molecule has 10 heavy (non-hydrogen) atoms. The molecule has 0 aliphatic carbocycles. The van der Waals surface area contributed by atoms with Crippen LogP contribution in [-0.2, 0) is 0 Å².